The first-order valence-electron chi connectivity index (χ1n) is 13.0. The summed E-state index contributed by atoms with van der Waals surface area (Å²) in [6.07, 6.45) is 1.83. The molecule has 0 saturated heterocycles. The first kappa shape index (κ1) is 23.5. The number of aromatic nitrogens is 2. The van der Waals surface area contributed by atoms with Gasteiger partial charge in [-0.1, -0.05) is 103 Å². The second-order valence-corrected chi connectivity index (χ2v) is 12.7. The zero-order valence-electron chi connectivity index (χ0n) is 21.5. The Labute approximate surface area is 227 Å². The number of aryl methyl sites for hydroxylation is 1. The molecule has 0 atom stereocenters. The Morgan fingerprint density at radius 3 is 1.95 bits per heavy atom. The van der Waals surface area contributed by atoms with Crippen LogP contribution >= 0.6 is 7.14 Å². The molecule has 39 heavy (non-hydrogen) atoms. The number of fused-ring (bicyclic) bond motifs is 4. The Balaban J connectivity index is 1.42. The van der Waals surface area contributed by atoms with Gasteiger partial charge in [-0.05, 0) is 48.4 Å². The molecule has 5 aromatic carbocycles. The van der Waals surface area contributed by atoms with E-state index in [9.17, 15) is 4.57 Å². The molecule has 0 fully saturated rings. The van der Waals surface area contributed by atoms with Crippen LogP contribution in [0.4, 0.5) is 0 Å². The van der Waals surface area contributed by atoms with E-state index in [1.165, 1.54) is 5.56 Å². The highest BCUT2D eigenvalue weighted by Crippen LogP contribution is 2.43. The molecule has 2 aromatic heterocycles. The van der Waals surface area contributed by atoms with Crippen molar-refractivity contribution >= 4 is 55.8 Å². The van der Waals surface area contributed by atoms with Crippen molar-refractivity contribution in [3.63, 3.8) is 0 Å². The number of hydrogen-bond donors (Lipinski definition) is 0. The molecule has 186 valence electrons. The van der Waals surface area contributed by atoms with Gasteiger partial charge in [0, 0.05) is 38.3 Å². The Morgan fingerprint density at radius 1 is 0.590 bits per heavy atom. The maximum atomic E-state index is 14.8. The fourth-order valence-electron chi connectivity index (χ4n) is 5.47. The van der Waals surface area contributed by atoms with Crippen LogP contribution in [0.25, 0.3) is 43.8 Å². The first-order valence-corrected chi connectivity index (χ1v) is 14.7. The van der Waals surface area contributed by atoms with Crippen LogP contribution in [-0.4, -0.2) is 9.97 Å². The van der Waals surface area contributed by atoms with Gasteiger partial charge in [-0.25, -0.2) is 4.98 Å². The van der Waals surface area contributed by atoms with Gasteiger partial charge < -0.3 is 4.57 Å². The highest BCUT2D eigenvalue weighted by Gasteiger charge is 2.29. The quantitative estimate of drug-likeness (QED) is 0.137. The second-order valence-electron chi connectivity index (χ2n) is 9.91. The highest BCUT2D eigenvalue weighted by atomic mass is 31.2. The molecule has 0 aliphatic rings. The third kappa shape index (κ3) is 3.94. The second kappa shape index (κ2) is 9.31. The van der Waals surface area contributed by atoms with Crippen molar-refractivity contribution in [1.82, 2.24) is 9.97 Å². The number of rotatable bonds is 4. The van der Waals surface area contributed by atoms with Gasteiger partial charge in [0.25, 0.3) is 0 Å². The predicted molar refractivity (Wildman–Crippen MR) is 164 cm³/mol. The smallest absolute Gasteiger partial charge is 0.171 e. The lowest BCUT2D eigenvalue weighted by Crippen LogP contribution is -2.24. The van der Waals surface area contributed by atoms with Crippen LogP contribution in [0.15, 0.2) is 134 Å². The number of nitrogens with zero attached hydrogens (tertiary/aromatic N) is 2. The molecular weight excluding hydrogens is 495 g/mol. The Kier molecular flexibility index (Phi) is 5.61. The molecule has 0 radical (unpaired) electrons. The molecule has 7 rings (SSSR count). The maximum absolute atomic E-state index is 14.8. The molecule has 0 spiro atoms. The van der Waals surface area contributed by atoms with Gasteiger partial charge in [-0.3, -0.25) is 4.98 Å². The van der Waals surface area contributed by atoms with E-state index in [1.807, 2.05) is 85.1 Å². The molecule has 4 heteroatoms. The number of pyridine rings is 2. The third-order valence-corrected chi connectivity index (χ3v) is 10.5. The lowest BCUT2D eigenvalue weighted by molar-refractivity contribution is 0.592. The molecule has 3 nitrogen and oxygen atoms in total. The van der Waals surface area contributed by atoms with Crippen molar-refractivity contribution in [2.45, 2.75) is 6.92 Å². The molecule has 7 aromatic rings. The molecule has 0 aliphatic heterocycles. The van der Waals surface area contributed by atoms with Gasteiger partial charge in [0.2, 0.25) is 0 Å². The summed E-state index contributed by atoms with van der Waals surface area (Å²) in [5.41, 5.74) is 6.10. The van der Waals surface area contributed by atoms with Crippen LogP contribution in [0.2, 0.25) is 0 Å². The SMILES string of the molecule is Cc1ccc2nc3c(cc(-c4ccc(P(=O)(c5ccccc5)c5ccccc5)cc4)c4cccnc43)cc2c1. The fraction of sp³-hybridized carbons (Fsp3) is 0.0286. The average molecular weight is 521 g/mol. The summed E-state index contributed by atoms with van der Waals surface area (Å²) in [6.45, 7) is 2.10. The summed E-state index contributed by atoms with van der Waals surface area (Å²) in [4.78, 5) is 9.74. The molecule has 0 aliphatic carbocycles. The molecule has 0 N–H and O–H groups in total. The van der Waals surface area contributed by atoms with E-state index in [0.29, 0.717) is 0 Å². The van der Waals surface area contributed by atoms with E-state index in [-0.39, 0.29) is 0 Å². The lowest BCUT2D eigenvalue weighted by Gasteiger charge is -2.20. The minimum atomic E-state index is -3.03. The Morgan fingerprint density at radius 2 is 1.26 bits per heavy atom. The molecule has 0 amide bonds. The first-order chi connectivity index (χ1) is 19.1. The van der Waals surface area contributed by atoms with Crippen LogP contribution in [-0.2, 0) is 4.57 Å². The van der Waals surface area contributed by atoms with Crippen molar-refractivity contribution < 1.29 is 4.57 Å². The van der Waals surface area contributed by atoms with Gasteiger partial charge in [0.1, 0.15) is 0 Å². The van der Waals surface area contributed by atoms with E-state index in [4.69, 9.17) is 9.97 Å². The summed E-state index contributed by atoms with van der Waals surface area (Å²) < 4.78 is 14.8. The van der Waals surface area contributed by atoms with Crippen LogP contribution in [0.1, 0.15) is 5.56 Å². The minimum Gasteiger partial charge on any atom is -0.309 e. The van der Waals surface area contributed by atoms with Crippen LogP contribution < -0.4 is 15.9 Å². The zero-order valence-corrected chi connectivity index (χ0v) is 22.3. The largest absolute Gasteiger partial charge is 0.309 e. The fourth-order valence-corrected chi connectivity index (χ4v) is 8.12. The molecule has 0 saturated carbocycles. The van der Waals surface area contributed by atoms with Crippen LogP contribution in [0.3, 0.4) is 0 Å². The van der Waals surface area contributed by atoms with Crippen LogP contribution in [0, 0.1) is 6.92 Å². The van der Waals surface area contributed by atoms with Gasteiger partial charge >= 0.3 is 0 Å². The van der Waals surface area contributed by atoms with Crippen molar-refractivity contribution in [1.29, 1.82) is 0 Å². The van der Waals surface area contributed by atoms with E-state index in [2.05, 4.69) is 55.5 Å². The van der Waals surface area contributed by atoms with Crippen molar-refractivity contribution in [3.05, 3.63) is 139 Å². The molecule has 0 unspecified atom stereocenters. The van der Waals surface area contributed by atoms with Crippen molar-refractivity contribution in [2.75, 3.05) is 0 Å². The standard InChI is InChI=1S/C35H25N2OP/c1-24-14-19-33-26(21-24)22-27-23-32(31-13-8-20-36-35(31)34(27)37-33)25-15-17-30(18-16-25)39(38,28-9-4-2-5-10-28)29-11-6-3-7-12-29/h2-23H,1H3. The maximum Gasteiger partial charge on any atom is 0.171 e. The highest BCUT2D eigenvalue weighted by molar-refractivity contribution is 7.85. The molecular formula is C35H25N2OP. The number of hydrogen-bond acceptors (Lipinski definition) is 3. The predicted octanol–water partition coefficient (Wildman–Crippen LogP) is 7.55. The summed E-state index contributed by atoms with van der Waals surface area (Å²) in [7, 11) is -3.03. The summed E-state index contributed by atoms with van der Waals surface area (Å²) in [6, 6.07) is 42.6. The Bertz CT molecular complexity index is 1990. The van der Waals surface area contributed by atoms with E-state index in [1.54, 1.807) is 0 Å². The lowest BCUT2D eigenvalue weighted by atomic mass is 9.97. The topological polar surface area (TPSA) is 42.9 Å². The monoisotopic (exact) mass is 520 g/mol. The summed E-state index contributed by atoms with van der Waals surface area (Å²) >= 11 is 0. The third-order valence-electron chi connectivity index (χ3n) is 7.40. The van der Waals surface area contributed by atoms with Gasteiger partial charge in [0.15, 0.2) is 7.14 Å². The molecule has 0 bridgehead atoms. The normalized spacial score (nSPS) is 11.8. The van der Waals surface area contributed by atoms with Gasteiger partial charge in [-0.15, -0.1) is 0 Å². The van der Waals surface area contributed by atoms with Crippen molar-refractivity contribution in [2.24, 2.45) is 0 Å². The minimum absolute atomic E-state index is 0.815. The summed E-state index contributed by atoms with van der Waals surface area (Å²) in [5, 5.41) is 5.69. The van der Waals surface area contributed by atoms with Crippen molar-refractivity contribution in [3.8, 4) is 11.1 Å². The summed E-state index contributed by atoms with van der Waals surface area (Å²) in [5.74, 6) is 0. The molecule has 2 heterocycles. The zero-order chi connectivity index (χ0) is 26.4. The van der Waals surface area contributed by atoms with E-state index >= 15 is 0 Å². The van der Waals surface area contributed by atoms with Gasteiger partial charge in [0.05, 0.1) is 16.6 Å². The van der Waals surface area contributed by atoms with E-state index < -0.39 is 7.14 Å². The van der Waals surface area contributed by atoms with E-state index in [0.717, 1.165) is 59.7 Å². The van der Waals surface area contributed by atoms with Gasteiger partial charge in [-0.2, -0.15) is 0 Å². The number of benzene rings is 5. The Hall–Kier alpha value is -4.59. The average Bonchev–Trinajstić information content (AvgIpc) is 3.00. The van der Waals surface area contributed by atoms with Crippen LogP contribution in [0.5, 0.6) is 0 Å².